The van der Waals surface area contributed by atoms with Gasteiger partial charge in [-0.1, -0.05) is 29.8 Å². The normalized spacial score (nSPS) is 15.8. The molecule has 0 saturated heterocycles. The second kappa shape index (κ2) is 6.36. The Morgan fingerprint density at radius 1 is 1.26 bits per heavy atom. The van der Waals surface area contributed by atoms with E-state index in [1.165, 1.54) is 18.9 Å². The van der Waals surface area contributed by atoms with Gasteiger partial charge < -0.3 is 5.32 Å². The lowest BCUT2D eigenvalue weighted by Gasteiger charge is -2.32. The summed E-state index contributed by atoms with van der Waals surface area (Å²) in [7, 11) is 0. The maximum atomic E-state index is 13.5. The second-order valence-corrected chi connectivity index (χ2v) is 6.73. The van der Waals surface area contributed by atoms with Crippen molar-refractivity contribution >= 4 is 15.9 Å². The summed E-state index contributed by atoms with van der Waals surface area (Å²) < 4.78 is 14.3. The number of rotatable bonds is 7. The van der Waals surface area contributed by atoms with Gasteiger partial charge in [0, 0.05) is 17.1 Å². The molecule has 2 rings (SSSR count). The van der Waals surface area contributed by atoms with Crippen molar-refractivity contribution in [3.63, 3.8) is 0 Å². The van der Waals surface area contributed by atoms with Gasteiger partial charge in [-0.05, 0) is 61.3 Å². The van der Waals surface area contributed by atoms with Crippen LogP contribution in [0.4, 0.5) is 4.39 Å². The molecule has 1 aromatic carbocycles. The van der Waals surface area contributed by atoms with Crippen LogP contribution in [0.2, 0.25) is 0 Å². The van der Waals surface area contributed by atoms with Crippen molar-refractivity contribution in [2.24, 2.45) is 5.41 Å². The van der Waals surface area contributed by atoms with Crippen LogP contribution in [0.3, 0.4) is 0 Å². The summed E-state index contributed by atoms with van der Waals surface area (Å²) >= 11 is 3.38. The van der Waals surface area contributed by atoms with Crippen LogP contribution in [0.15, 0.2) is 22.7 Å². The molecule has 1 N–H and O–H groups in total. The van der Waals surface area contributed by atoms with Crippen LogP contribution in [0.5, 0.6) is 0 Å². The minimum absolute atomic E-state index is 0.152. The van der Waals surface area contributed by atoms with Gasteiger partial charge in [-0.2, -0.15) is 0 Å². The SMILES string of the molecule is CCC(CC)(CNC1CC1)Cc1cc(F)cc(Br)c1. The molecule has 0 aliphatic heterocycles. The molecule has 0 heterocycles. The van der Waals surface area contributed by atoms with Crippen LogP contribution in [0, 0.1) is 11.2 Å². The van der Waals surface area contributed by atoms with Gasteiger partial charge in [-0.3, -0.25) is 0 Å². The molecule has 1 aliphatic carbocycles. The Balaban J connectivity index is 2.08. The van der Waals surface area contributed by atoms with Crippen molar-refractivity contribution in [1.29, 1.82) is 0 Å². The number of benzene rings is 1. The molecule has 0 unspecified atom stereocenters. The Morgan fingerprint density at radius 2 is 1.95 bits per heavy atom. The van der Waals surface area contributed by atoms with E-state index in [-0.39, 0.29) is 11.2 Å². The molecule has 1 aliphatic rings. The third-order valence-corrected chi connectivity index (χ3v) is 4.80. The molecule has 0 spiro atoms. The standard InChI is InChI=1S/C16H23BrFN/c1-3-16(4-2,11-19-15-5-6-15)10-12-7-13(17)9-14(18)8-12/h7-9,15,19H,3-6,10-11H2,1-2H3. The molecule has 0 bridgehead atoms. The van der Waals surface area contributed by atoms with Crippen molar-refractivity contribution in [1.82, 2.24) is 5.32 Å². The molecule has 0 aromatic heterocycles. The summed E-state index contributed by atoms with van der Waals surface area (Å²) in [5, 5.41) is 3.64. The van der Waals surface area contributed by atoms with Crippen LogP contribution < -0.4 is 5.32 Å². The maximum absolute atomic E-state index is 13.5. The highest BCUT2D eigenvalue weighted by Crippen LogP contribution is 2.33. The highest BCUT2D eigenvalue weighted by Gasteiger charge is 2.30. The fourth-order valence-electron chi connectivity index (χ4n) is 2.61. The predicted octanol–water partition coefficient (Wildman–Crippen LogP) is 4.69. The lowest BCUT2D eigenvalue weighted by atomic mass is 9.77. The van der Waals surface area contributed by atoms with Crippen LogP contribution in [-0.4, -0.2) is 12.6 Å². The summed E-state index contributed by atoms with van der Waals surface area (Å²) in [4.78, 5) is 0. The van der Waals surface area contributed by atoms with Gasteiger partial charge in [-0.25, -0.2) is 4.39 Å². The van der Waals surface area contributed by atoms with E-state index in [4.69, 9.17) is 0 Å². The Morgan fingerprint density at radius 3 is 2.47 bits per heavy atom. The number of hydrogen-bond donors (Lipinski definition) is 1. The first-order valence-corrected chi connectivity index (χ1v) is 8.04. The van der Waals surface area contributed by atoms with Crippen molar-refractivity contribution in [2.45, 2.75) is 52.0 Å². The molecule has 0 amide bonds. The third kappa shape index (κ3) is 4.28. The Kier molecular flexibility index (Phi) is 5.02. The van der Waals surface area contributed by atoms with Crippen molar-refractivity contribution < 1.29 is 4.39 Å². The highest BCUT2D eigenvalue weighted by molar-refractivity contribution is 9.10. The zero-order valence-corrected chi connectivity index (χ0v) is 13.4. The van der Waals surface area contributed by atoms with Crippen molar-refractivity contribution in [2.75, 3.05) is 6.54 Å². The number of halogens is 2. The molecular formula is C16H23BrFN. The van der Waals surface area contributed by atoms with Gasteiger partial charge in [0.1, 0.15) is 5.82 Å². The molecule has 0 atom stereocenters. The van der Waals surface area contributed by atoms with E-state index in [1.54, 1.807) is 6.07 Å². The lowest BCUT2D eigenvalue weighted by molar-refractivity contribution is 0.245. The van der Waals surface area contributed by atoms with Gasteiger partial charge >= 0.3 is 0 Å². The van der Waals surface area contributed by atoms with Gasteiger partial charge in [-0.15, -0.1) is 0 Å². The lowest BCUT2D eigenvalue weighted by Crippen LogP contribution is -2.36. The van der Waals surface area contributed by atoms with E-state index >= 15 is 0 Å². The minimum atomic E-state index is -0.152. The first kappa shape index (κ1) is 15.0. The molecule has 19 heavy (non-hydrogen) atoms. The molecule has 0 radical (unpaired) electrons. The molecule has 1 nitrogen and oxygen atoms in total. The van der Waals surface area contributed by atoms with E-state index < -0.39 is 0 Å². The zero-order valence-electron chi connectivity index (χ0n) is 11.8. The predicted molar refractivity (Wildman–Crippen MR) is 81.8 cm³/mol. The zero-order chi connectivity index (χ0) is 13.9. The van der Waals surface area contributed by atoms with Gasteiger partial charge in [0.25, 0.3) is 0 Å². The van der Waals surface area contributed by atoms with E-state index in [2.05, 4.69) is 35.1 Å². The van der Waals surface area contributed by atoms with E-state index in [9.17, 15) is 4.39 Å². The molecule has 3 heteroatoms. The smallest absolute Gasteiger partial charge is 0.124 e. The van der Waals surface area contributed by atoms with E-state index in [1.807, 2.05) is 6.07 Å². The van der Waals surface area contributed by atoms with Gasteiger partial charge in [0.15, 0.2) is 0 Å². The summed E-state index contributed by atoms with van der Waals surface area (Å²) in [6, 6.07) is 5.96. The van der Waals surface area contributed by atoms with Gasteiger partial charge in [0.2, 0.25) is 0 Å². The molecule has 1 fully saturated rings. The average Bonchev–Trinajstić information content (AvgIpc) is 3.17. The summed E-state index contributed by atoms with van der Waals surface area (Å²) in [5.41, 5.74) is 1.34. The fraction of sp³-hybridized carbons (Fsp3) is 0.625. The number of hydrogen-bond acceptors (Lipinski definition) is 1. The van der Waals surface area contributed by atoms with Crippen LogP contribution in [-0.2, 0) is 6.42 Å². The molecule has 106 valence electrons. The Labute approximate surface area is 124 Å². The summed E-state index contributed by atoms with van der Waals surface area (Å²) in [6.07, 6.45) is 5.81. The summed E-state index contributed by atoms with van der Waals surface area (Å²) in [6.45, 7) is 5.53. The molecule has 1 aromatic rings. The topological polar surface area (TPSA) is 12.0 Å². The largest absolute Gasteiger partial charge is 0.313 e. The Bertz CT molecular complexity index is 405. The quantitative estimate of drug-likeness (QED) is 0.766. The van der Waals surface area contributed by atoms with Crippen LogP contribution in [0.1, 0.15) is 45.1 Å². The van der Waals surface area contributed by atoms with Crippen molar-refractivity contribution in [3.05, 3.63) is 34.1 Å². The van der Waals surface area contributed by atoms with Crippen LogP contribution >= 0.6 is 15.9 Å². The van der Waals surface area contributed by atoms with Crippen LogP contribution in [0.25, 0.3) is 0 Å². The summed E-state index contributed by atoms with van der Waals surface area (Å²) in [5.74, 6) is -0.152. The Hall–Kier alpha value is -0.410. The monoisotopic (exact) mass is 327 g/mol. The number of nitrogens with one attached hydrogen (secondary N) is 1. The second-order valence-electron chi connectivity index (χ2n) is 5.82. The van der Waals surface area contributed by atoms with Gasteiger partial charge in [0.05, 0.1) is 0 Å². The maximum Gasteiger partial charge on any atom is 0.124 e. The fourth-order valence-corrected chi connectivity index (χ4v) is 3.12. The average molecular weight is 328 g/mol. The van der Waals surface area contributed by atoms with E-state index in [0.29, 0.717) is 0 Å². The molecular weight excluding hydrogens is 305 g/mol. The highest BCUT2D eigenvalue weighted by atomic mass is 79.9. The minimum Gasteiger partial charge on any atom is -0.313 e. The third-order valence-electron chi connectivity index (χ3n) is 4.34. The van der Waals surface area contributed by atoms with E-state index in [0.717, 1.165) is 41.9 Å². The molecule has 1 saturated carbocycles. The van der Waals surface area contributed by atoms with Crippen molar-refractivity contribution in [3.8, 4) is 0 Å². The first-order valence-electron chi connectivity index (χ1n) is 7.25. The first-order chi connectivity index (χ1) is 9.07.